The van der Waals surface area contributed by atoms with Gasteiger partial charge in [0, 0.05) is 23.4 Å². The molecule has 0 fully saturated rings. The van der Waals surface area contributed by atoms with Crippen LogP contribution in [0.3, 0.4) is 0 Å². The smallest absolute Gasteiger partial charge is 0.307 e. The summed E-state index contributed by atoms with van der Waals surface area (Å²) < 4.78 is 28.4. The van der Waals surface area contributed by atoms with Crippen LogP contribution >= 0.6 is 11.3 Å². The third-order valence-corrected chi connectivity index (χ3v) is 5.11. The Balaban J connectivity index is 2.05. The maximum absolute atomic E-state index is 14.2. The van der Waals surface area contributed by atoms with Crippen LogP contribution in [0.15, 0.2) is 46.2 Å². The van der Waals surface area contributed by atoms with Gasteiger partial charge in [-0.25, -0.2) is 8.78 Å². The van der Waals surface area contributed by atoms with Crippen molar-refractivity contribution in [1.82, 2.24) is 4.98 Å². The number of hydrogen-bond acceptors (Lipinski definition) is 4. The van der Waals surface area contributed by atoms with Gasteiger partial charge >= 0.3 is 4.87 Å². The van der Waals surface area contributed by atoms with Gasteiger partial charge in [-0.05, 0) is 35.1 Å². The highest BCUT2D eigenvalue weighted by Gasteiger charge is 2.19. The third-order valence-electron chi connectivity index (χ3n) is 4.18. The van der Waals surface area contributed by atoms with E-state index in [1.807, 2.05) is 6.07 Å². The van der Waals surface area contributed by atoms with Gasteiger partial charge in [0.05, 0.1) is 10.6 Å². The zero-order chi connectivity index (χ0) is 18.3. The molecule has 0 atom stereocenters. The second-order valence-corrected chi connectivity index (χ2v) is 6.71. The lowest BCUT2D eigenvalue weighted by atomic mass is 9.99. The van der Waals surface area contributed by atoms with Crippen molar-refractivity contribution in [3.8, 4) is 5.88 Å². The number of hydrogen-bond donors (Lipinski definition) is 2. The summed E-state index contributed by atoms with van der Waals surface area (Å²) in [5.74, 6) is -1.68. The van der Waals surface area contributed by atoms with E-state index in [1.54, 1.807) is 24.4 Å². The van der Waals surface area contributed by atoms with Crippen molar-refractivity contribution < 1.29 is 13.9 Å². The first-order chi connectivity index (χ1) is 12.5. The fourth-order valence-corrected chi connectivity index (χ4v) is 3.78. The molecule has 1 aliphatic rings. The molecule has 0 saturated heterocycles. The van der Waals surface area contributed by atoms with Crippen molar-refractivity contribution in [3.63, 3.8) is 0 Å². The highest BCUT2D eigenvalue weighted by atomic mass is 32.1. The quantitative estimate of drug-likeness (QED) is 0.743. The summed E-state index contributed by atoms with van der Waals surface area (Å²) in [5.41, 5.74) is 1.05. The first kappa shape index (κ1) is 16.4. The number of thiazole rings is 1. The Morgan fingerprint density at radius 3 is 2.58 bits per heavy atom. The van der Waals surface area contributed by atoms with Crippen molar-refractivity contribution in [3.05, 3.63) is 78.6 Å². The molecule has 4 nitrogen and oxygen atoms in total. The molecule has 0 spiro atoms. The van der Waals surface area contributed by atoms with Crippen LogP contribution in [0.25, 0.3) is 11.6 Å². The predicted octanol–water partition coefficient (Wildman–Crippen LogP) is 2.36. The average Bonchev–Trinajstić information content (AvgIpc) is 3.21. The maximum Gasteiger partial charge on any atom is 0.307 e. The SMILES string of the molecule is O=c1[nH]c(O)c(C(Cc2c(F)cccc2F)=c2cccc3c2=CC=N3)s1. The molecule has 0 bridgehead atoms. The molecule has 0 amide bonds. The van der Waals surface area contributed by atoms with Crippen molar-refractivity contribution >= 4 is 34.9 Å². The average molecular weight is 370 g/mol. The molecule has 1 aliphatic heterocycles. The summed E-state index contributed by atoms with van der Waals surface area (Å²) in [4.78, 5) is 18.0. The van der Waals surface area contributed by atoms with Crippen molar-refractivity contribution in [2.75, 3.05) is 0 Å². The molecule has 130 valence electrons. The number of rotatable bonds is 3. The Bertz CT molecular complexity index is 1200. The summed E-state index contributed by atoms with van der Waals surface area (Å²) in [7, 11) is 0. The van der Waals surface area contributed by atoms with Gasteiger partial charge in [-0.1, -0.05) is 29.5 Å². The fraction of sp³-hybridized carbons (Fsp3) is 0.0526. The van der Waals surface area contributed by atoms with Crippen molar-refractivity contribution in [2.45, 2.75) is 6.42 Å². The van der Waals surface area contributed by atoms with E-state index in [1.165, 1.54) is 18.2 Å². The van der Waals surface area contributed by atoms with Gasteiger partial charge in [0.15, 0.2) is 0 Å². The van der Waals surface area contributed by atoms with Gasteiger partial charge in [-0.3, -0.25) is 14.8 Å². The minimum Gasteiger partial charge on any atom is -0.493 e. The lowest BCUT2D eigenvalue weighted by molar-refractivity contribution is 0.454. The Morgan fingerprint density at radius 1 is 1.15 bits per heavy atom. The Morgan fingerprint density at radius 2 is 1.88 bits per heavy atom. The Kier molecular flexibility index (Phi) is 4.00. The number of aromatic hydroxyl groups is 1. The number of H-pyrrole nitrogens is 1. The topological polar surface area (TPSA) is 65.5 Å². The number of benzene rings is 2. The predicted molar refractivity (Wildman–Crippen MR) is 97.5 cm³/mol. The minimum absolute atomic E-state index is 0.121. The number of aromatic nitrogens is 1. The van der Waals surface area contributed by atoms with E-state index in [4.69, 9.17) is 0 Å². The zero-order valence-corrected chi connectivity index (χ0v) is 14.1. The Hall–Kier alpha value is -3.06. The molecule has 1 aromatic heterocycles. The first-order valence-electron chi connectivity index (χ1n) is 7.76. The van der Waals surface area contributed by atoms with Crippen LogP contribution in [0.5, 0.6) is 5.88 Å². The standard InChI is InChI=1S/C19H12F2N2O2S/c20-14-4-2-5-15(21)13(14)9-12(17-18(24)23-19(25)26-17)10-3-1-6-16-11(10)7-8-22-16/h1-8,24H,9H2,(H,23,25). The summed E-state index contributed by atoms with van der Waals surface area (Å²) in [6.07, 6.45) is 3.30. The largest absolute Gasteiger partial charge is 0.493 e. The molecular weight excluding hydrogens is 358 g/mol. The Labute approximate surface area is 150 Å². The number of aromatic amines is 1. The van der Waals surface area contributed by atoms with E-state index in [0.717, 1.165) is 22.2 Å². The van der Waals surface area contributed by atoms with Crippen molar-refractivity contribution in [2.24, 2.45) is 4.99 Å². The first-order valence-corrected chi connectivity index (χ1v) is 8.58. The molecule has 0 aliphatic carbocycles. The molecular formula is C19H12F2N2O2S. The highest BCUT2D eigenvalue weighted by Crippen LogP contribution is 2.28. The van der Waals surface area contributed by atoms with Gasteiger partial charge in [-0.15, -0.1) is 0 Å². The van der Waals surface area contributed by atoms with E-state index in [9.17, 15) is 18.7 Å². The summed E-state index contributed by atoms with van der Waals surface area (Å²) in [5, 5.41) is 11.6. The lowest BCUT2D eigenvalue weighted by Crippen LogP contribution is -2.27. The van der Waals surface area contributed by atoms with Crippen LogP contribution in [0.1, 0.15) is 10.4 Å². The molecule has 2 N–H and O–H groups in total. The molecule has 26 heavy (non-hydrogen) atoms. The molecule has 0 saturated carbocycles. The van der Waals surface area contributed by atoms with E-state index >= 15 is 0 Å². The van der Waals surface area contributed by atoms with Gasteiger partial charge in [-0.2, -0.15) is 0 Å². The van der Waals surface area contributed by atoms with Crippen LogP contribution in [0.2, 0.25) is 0 Å². The number of nitrogens with zero attached hydrogens (tertiary/aromatic N) is 1. The van der Waals surface area contributed by atoms with Crippen LogP contribution in [-0.4, -0.2) is 16.3 Å². The normalized spacial score (nSPS) is 13.5. The molecule has 4 rings (SSSR count). The van der Waals surface area contributed by atoms with E-state index in [2.05, 4.69) is 9.98 Å². The molecule has 2 aromatic carbocycles. The van der Waals surface area contributed by atoms with E-state index in [0.29, 0.717) is 10.8 Å². The molecule has 7 heteroatoms. The maximum atomic E-state index is 14.2. The van der Waals surface area contributed by atoms with E-state index in [-0.39, 0.29) is 22.7 Å². The number of halogens is 2. The van der Waals surface area contributed by atoms with Crippen LogP contribution in [0, 0.1) is 11.6 Å². The number of nitrogens with one attached hydrogen (secondary N) is 1. The molecule has 3 aromatic rings. The van der Waals surface area contributed by atoms with Gasteiger partial charge in [0.25, 0.3) is 0 Å². The lowest BCUT2D eigenvalue weighted by Gasteiger charge is -2.09. The molecule has 0 unspecified atom stereocenters. The third kappa shape index (κ3) is 2.76. The summed E-state index contributed by atoms with van der Waals surface area (Å²) in [6.45, 7) is 0. The molecule has 2 heterocycles. The number of aliphatic imine (C=N–C) groups is 1. The van der Waals surface area contributed by atoms with Crippen LogP contribution < -0.4 is 15.3 Å². The van der Waals surface area contributed by atoms with Gasteiger partial charge in [0.2, 0.25) is 5.88 Å². The van der Waals surface area contributed by atoms with Crippen LogP contribution in [0.4, 0.5) is 14.5 Å². The zero-order valence-electron chi connectivity index (χ0n) is 13.3. The van der Waals surface area contributed by atoms with E-state index < -0.39 is 16.5 Å². The van der Waals surface area contributed by atoms with Gasteiger partial charge in [0.1, 0.15) is 11.6 Å². The summed E-state index contributed by atoms with van der Waals surface area (Å²) >= 11 is 0.796. The second-order valence-electron chi connectivity index (χ2n) is 5.73. The number of fused-ring (bicyclic) bond motifs is 1. The van der Waals surface area contributed by atoms with Crippen LogP contribution in [-0.2, 0) is 6.42 Å². The van der Waals surface area contributed by atoms with Gasteiger partial charge < -0.3 is 5.11 Å². The van der Waals surface area contributed by atoms with Crippen molar-refractivity contribution in [1.29, 1.82) is 0 Å². The minimum atomic E-state index is -0.683. The fourth-order valence-electron chi connectivity index (χ4n) is 3.00. The monoisotopic (exact) mass is 370 g/mol. The highest BCUT2D eigenvalue weighted by molar-refractivity contribution is 7.10. The molecule has 0 radical (unpaired) electrons. The summed E-state index contributed by atoms with van der Waals surface area (Å²) in [6, 6.07) is 9.03. The second kappa shape index (κ2) is 6.34.